The van der Waals surface area contributed by atoms with E-state index in [-0.39, 0.29) is 31.3 Å². The second-order valence-electron chi connectivity index (χ2n) is 7.93. The number of carbonyl (C=O) groups is 2. The Morgan fingerprint density at radius 2 is 2.03 bits per heavy atom. The molecule has 3 heterocycles. The van der Waals surface area contributed by atoms with E-state index in [2.05, 4.69) is 20.2 Å². The highest BCUT2D eigenvalue weighted by Crippen LogP contribution is 2.32. The van der Waals surface area contributed by atoms with Crippen molar-refractivity contribution >= 4 is 23.5 Å². The predicted octanol–water partition coefficient (Wildman–Crippen LogP) is 2.10. The monoisotopic (exact) mass is 463 g/mol. The van der Waals surface area contributed by atoms with Crippen molar-refractivity contribution in [3.8, 4) is 0 Å². The lowest BCUT2D eigenvalue weighted by Gasteiger charge is -2.36. The summed E-state index contributed by atoms with van der Waals surface area (Å²) in [6.07, 6.45) is 4.69. The van der Waals surface area contributed by atoms with E-state index in [4.69, 9.17) is 16.2 Å². The van der Waals surface area contributed by atoms with Crippen LogP contribution in [0.5, 0.6) is 0 Å². The molecule has 3 aromatic rings. The van der Waals surface area contributed by atoms with Gasteiger partial charge in [-0.3, -0.25) is 10.00 Å². The summed E-state index contributed by atoms with van der Waals surface area (Å²) in [6, 6.07) is 9.84. The van der Waals surface area contributed by atoms with Crippen LogP contribution >= 0.6 is 0 Å². The van der Waals surface area contributed by atoms with E-state index in [1.807, 2.05) is 30.3 Å². The third-order valence-corrected chi connectivity index (χ3v) is 5.71. The number of carboxylic acids is 1. The number of nitrogens with one attached hydrogen (secondary N) is 1. The van der Waals surface area contributed by atoms with Gasteiger partial charge in [0.25, 0.3) is 0 Å². The van der Waals surface area contributed by atoms with E-state index < -0.39 is 18.1 Å². The Labute approximate surface area is 195 Å². The maximum absolute atomic E-state index is 12.9. The molecule has 1 saturated heterocycles. The van der Waals surface area contributed by atoms with Gasteiger partial charge < -0.3 is 21.3 Å². The summed E-state index contributed by atoms with van der Waals surface area (Å²) in [7, 11) is 0. The first-order chi connectivity index (χ1) is 16.5. The zero-order valence-electron chi connectivity index (χ0n) is 18.3. The fourth-order valence-electron chi connectivity index (χ4n) is 3.99. The molecule has 0 bridgehead atoms. The molecule has 4 rings (SSSR count). The smallest absolute Gasteiger partial charge is 0.410 e. The third kappa shape index (κ3) is 4.98. The van der Waals surface area contributed by atoms with Crippen LogP contribution in [-0.2, 0) is 16.1 Å². The second kappa shape index (κ2) is 10.0. The lowest BCUT2D eigenvalue weighted by molar-refractivity contribution is -0.144. The molecule has 2 atom stereocenters. The molecule has 176 valence electrons. The summed E-state index contributed by atoms with van der Waals surface area (Å²) in [5.41, 5.74) is 14.5. The van der Waals surface area contributed by atoms with E-state index in [9.17, 15) is 14.7 Å². The maximum atomic E-state index is 12.9. The van der Waals surface area contributed by atoms with Gasteiger partial charge in [0.15, 0.2) is 5.82 Å². The van der Waals surface area contributed by atoms with Gasteiger partial charge in [-0.25, -0.2) is 19.6 Å². The van der Waals surface area contributed by atoms with E-state index in [1.165, 1.54) is 11.1 Å². The number of nitrogens with zero attached hydrogens (tertiary/aromatic N) is 4. The predicted molar refractivity (Wildman–Crippen MR) is 123 cm³/mol. The quantitative estimate of drug-likeness (QED) is 0.427. The summed E-state index contributed by atoms with van der Waals surface area (Å²) in [5, 5.41) is 16.3. The number of aromatic amines is 1. The van der Waals surface area contributed by atoms with Gasteiger partial charge >= 0.3 is 12.1 Å². The number of anilines is 1. The van der Waals surface area contributed by atoms with Crippen molar-refractivity contribution in [2.45, 2.75) is 31.4 Å². The van der Waals surface area contributed by atoms with E-state index in [0.29, 0.717) is 29.1 Å². The van der Waals surface area contributed by atoms with E-state index in [0.717, 1.165) is 5.56 Å². The fraction of sp³-hybridized carbons (Fsp3) is 0.261. The Kier molecular flexibility index (Phi) is 6.72. The van der Waals surface area contributed by atoms with Crippen LogP contribution < -0.4 is 11.5 Å². The molecule has 1 aliphatic rings. The first kappa shape index (κ1) is 22.8. The molecule has 6 N–H and O–H groups in total. The van der Waals surface area contributed by atoms with E-state index in [1.54, 1.807) is 18.5 Å². The number of likely N-dealkylation sites (tertiary alicyclic amines) is 1. The number of ether oxygens (including phenoxy) is 1. The zero-order valence-corrected chi connectivity index (χ0v) is 18.3. The Morgan fingerprint density at radius 3 is 2.71 bits per heavy atom. The number of piperidine rings is 1. The highest BCUT2D eigenvalue weighted by atomic mass is 16.6. The summed E-state index contributed by atoms with van der Waals surface area (Å²) < 4.78 is 5.41. The Morgan fingerprint density at radius 1 is 1.24 bits per heavy atom. The molecule has 0 aliphatic carbocycles. The average Bonchev–Trinajstić information content (AvgIpc) is 3.37. The second-order valence-corrected chi connectivity index (χ2v) is 7.93. The number of carbonyl (C=O) groups excluding carboxylic acids is 1. The van der Waals surface area contributed by atoms with Crippen LogP contribution in [0.2, 0.25) is 0 Å². The SMILES string of the molecule is NC=C(c1cn[nH]c1)c1nc(N)cc(C2CCC(C(=O)O)N(C(=O)OCc3ccccc3)C2)n1. The van der Waals surface area contributed by atoms with Crippen molar-refractivity contribution in [1.29, 1.82) is 0 Å². The van der Waals surface area contributed by atoms with Crippen LogP contribution in [0.3, 0.4) is 0 Å². The van der Waals surface area contributed by atoms with Gasteiger partial charge in [0.05, 0.1) is 11.9 Å². The van der Waals surface area contributed by atoms with Crippen LogP contribution in [0, 0.1) is 0 Å². The average molecular weight is 463 g/mol. The van der Waals surface area contributed by atoms with Gasteiger partial charge in [-0.05, 0) is 18.4 Å². The Hall–Kier alpha value is -4.41. The number of hydrogen-bond donors (Lipinski definition) is 4. The van der Waals surface area contributed by atoms with E-state index >= 15 is 0 Å². The molecule has 0 spiro atoms. The van der Waals surface area contributed by atoms with Crippen LogP contribution in [0.4, 0.5) is 10.6 Å². The van der Waals surface area contributed by atoms with Crippen LogP contribution in [-0.4, -0.2) is 54.8 Å². The zero-order chi connectivity index (χ0) is 24.1. The number of aromatic nitrogens is 4. The molecule has 1 aliphatic heterocycles. The van der Waals surface area contributed by atoms with Crippen LogP contribution in [0.25, 0.3) is 5.57 Å². The molecule has 2 unspecified atom stereocenters. The van der Waals surface area contributed by atoms with Gasteiger partial charge in [-0.1, -0.05) is 30.3 Å². The number of hydrogen-bond acceptors (Lipinski definition) is 8. The minimum Gasteiger partial charge on any atom is -0.480 e. The number of nitrogen functional groups attached to an aromatic ring is 1. The van der Waals surface area contributed by atoms with Gasteiger partial charge in [0.1, 0.15) is 18.5 Å². The number of rotatable bonds is 6. The fourth-order valence-corrected chi connectivity index (χ4v) is 3.99. The van der Waals surface area contributed by atoms with Crippen molar-refractivity contribution in [2.24, 2.45) is 5.73 Å². The number of aliphatic carboxylic acids is 1. The normalized spacial score (nSPS) is 18.5. The third-order valence-electron chi connectivity index (χ3n) is 5.71. The maximum Gasteiger partial charge on any atom is 0.410 e. The molecule has 34 heavy (non-hydrogen) atoms. The molecule has 2 aromatic heterocycles. The van der Waals surface area contributed by atoms with Gasteiger partial charge in [0.2, 0.25) is 0 Å². The highest BCUT2D eigenvalue weighted by molar-refractivity contribution is 5.80. The summed E-state index contributed by atoms with van der Waals surface area (Å²) in [4.78, 5) is 34.9. The Balaban J connectivity index is 1.56. The molecule has 1 amide bonds. The van der Waals surface area contributed by atoms with Crippen molar-refractivity contribution in [1.82, 2.24) is 25.1 Å². The van der Waals surface area contributed by atoms with Gasteiger partial charge in [-0.2, -0.15) is 5.10 Å². The van der Waals surface area contributed by atoms with Gasteiger partial charge in [-0.15, -0.1) is 0 Å². The van der Waals surface area contributed by atoms with Gasteiger partial charge in [0, 0.05) is 42.1 Å². The van der Waals surface area contributed by atoms with Crippen molar-refractivity contribution in [3.05, 3.63) is 77.6 Å². The minimum absolute atomic E-state index is 0.0487. The standard InChI is InChI=1S/C23H25N7O4/c24-9-17(16-10-26-27-11-16)21-28-18(8-20(25)29-21)15-6-7-19(22(31)32)30(12-15)23(33)34-13-14-4-2-1-3-5-14/h1-5,8-11,15,19H,6-7,12-13,24H2,(H,26,27)(H,31,32)(H2,25,28,29). The summed E-state index contributed by atoms with van der Waals surface area (Å²) in [5.74, 6) is -0.780. The number of H-pyrrole nitrogens is 1. The van der Waals surface area contributed by atoms with Crippen LogP contribution in [0.15, 0.2) is 55.0 Å². The molecular formula is C23H25N7O4. The van der Waals surface area contributed by atoms with Crippen molar-refractivity contribution in [3.63, 3.8) is 0 Å². The molecule has 0 radical (unpaired) electrons. The molecule has 11 heteroatoms. The molecule has 1 aromatic carbocycles. The molecule has 0 saturated carbocycles. The molecule has 11 nitrogen and oxygen atoms in total. The summed E-state index contributed by atoms with van der Waals surface area (Å²) >= 11 is 0. The number of nitrogens with two attached hydrogens (primary N) is 2. The first-order valence-corrected chi connectivity index (χ1v) is 10.7. The first-order valence-electron chi connectivity index (χ1n) is 10.7. The molecular weight excluding hydrogens is 438 g/mol. The molecule has 1 fully saturated rings. The lowest BCUT2D eigenvalue weighted by atomic mass is 9.90. The topological polar surface area (TPSA) is 173 Å². The summed E-state index contributed by atoms with van der Waals surface area (Å²) in [6.45, 7) is 0.168. The minimum atomic E-state index is -1.08. The van der Waals surface area contributed by atoms with Crippen LogP contribution in [0.1, 0.15) is 41.4 Å². The largest absolute Gasteiger partial charge is 0.480 e. The Bertz CT molecular complexity index is 1180. The number of carboxylic acid groups (broad SMARTS) is 1. The highest BCUT2D eigenvalue weighted by Gasteiger charge is 2.38. The lowest BCUT2D eigenvalue weighted by Crippen LogP contribution is -2.50. The number of benzene rings is 1. The number of amides is 1. The van der Waals surface area contributed by atoms with Crippen molar-refractivity contribution < 1.29 is 19.4 Å². The van der Waals surface area contributed by atoms with Crippen molar-refractivity contribution in [2.75, 3.05) is 12.3 Å².